The van der Waals surface area contributed by atoms with Crippen molar-refractivity contribution in [2.75, 3.05) is 0 Å². The molecule has 0 heterocycles. The maximum Gasteiger partial charge on any atom is 0.337 e. The van der Waals surface area contributed by atoms with E-state index >= 15 is 0 Å². The number of hydrogen-bond acceptors (Lipinski definition) is 1. The Morgan fingerprint density at radius 2 is 2.00 bits per heavy atom. The molecule has 0 spiro atoms. The van der Waals surface area contributed by atoms with E-state index in [1.54, 1.807) is 0 Å². The molecular weight excluding hydrogens is 243 g/mol. The Bertz CT molecular complexity index is 519. The van der Waals surface area contributed by atoms with Crippen LogP contribution in [0.3, 0.4) is 0 Å². The maximum absolute atomic E-state index is 13.5. The third kappa shape index (κ3) is 3.76. The van der Waals surface area contributed by atoms with Gasteiger partial charge in [-0.1, -0.05) is 23.4 Å². The molecular formula is C13H12ClFO2. The maximum atomic E-state index is 13.5. The lowest BCUT2D eigenvalue weighted by molar-refractivity contribution is 0.0696. The molecule has 0 bridgehead atoms. The van der Waals surface area contributed by atoms with Gasteiger partial charge in [0.15, 0.2) is 0 Å². The Balaban J connectivity index is 3.25. The van der Waals surface area contributed by atoms with Gasteiger partial charge in [-0.3, -0.25) is 0 Å². The number of carbonyl (C=O) groups is 1. The Hall–Kier alpha value is -1.53. The molecule has 0 saturated carbocycles. The molecule has 0 aliphatic carbocycles. The summed E-state index contributed by atoms with van der Waals surface area (Å²) in [5.74, 6) is 3.58. The minimum atomic E-state index is -1.26. The summed E-state index contributed by atoms with van der Waals surface area (Å²) in [7, 11) is 0. The highest BCUT2D eigenvalue weighted by molar-refractivity contribution is 6.33. The molecule has 1 aromatic carbocycles. The summed E-state index contributed by atoms with van der Waals surface area (Å²) in [5.41, 5.74) is -0.412. The van der Waals surface area contributed by atoms with Gasteiger partial charge >= 0.3 is 5.97 Å². The van der Waals surface area contributed by atoms with Crippen molar-refractivity contribution in [3.05, 3.63) is 34.1 Å². The molecule has 0 fully saturated rings. The Kier molecular flexibility index (Phi) is 3.79. The Morgan fingerprint density at radius 3 is 2.47 bits per heavy atom. The van der Waals surface area contributed by atoms with Crippen LogP contribution in [0, 0.1) is 23.1 Å². The first-order chi connectivity index (χ1) is 7.70. The van der Waals surface area contributed by atoms with Gasteiger partial charge in [-0.2, -0.15) is 0 Å². The van der Waals surface area contributed by atoms with Crippen LogP contribution < -0.4 is 0 Å². The van der Waals surface area contributed by atoms with Gasteiger partial charge in [-0.25, -0.2) is 9.18 Å². The molecule has 4 heteroatoms. The second-order valence-electron chi connectivity index (χ2n) is 4.62. The zero-order valence-electron chi connectivity index (χ0n) is 9.77. The van der Waals surface area contributed by atoms with Crippen molar-refractivity contribution in [1.82, 2.24) is 0 Å². The van der Waals surface area contributed by atoms with Crippen molar-refractivity contribution in [2.24, 2.45) is 5.41 Å². The number of aromatic carboxylic acids is 1. The lowest BCUT2D eigenvalue weighted by Gasteiger charge is -2.07. The molecule has 2 nitrogen and oxygen atoms in total. The van der Waals surface area contributed by atoms with Crippen molar-refractivity contribution < 1.29 is 14.3 Å². The van der Waals surface area contributed by atoms with Crippen molar-refractivity contribution in [1.29, 1.82) is 0 Å². The van der Waals surface area contributed by atoms with E-state index < -0.39 is 11.8 Å². The Morgan fingerprint density at radius 1 is 1.41 bits per heavy atom. The number of carboxylic acid groups (broad SMARTS) is 1. The number of halogens is 2. The summed E-state index contributed by atoms with van der Waals surface area (Å²) >= 11 is 5.73. The summed E-state index contributed by atoms with van der Waals surface area (Å²) in [6.45, 7) is 5.68. The van der Waals surface area contributed by atoms with Gasteiger partial charge in [-0.15, -0.1) is 0 Å². The first-order valence-corrected chi connectivity index (χ1v) is 5.34. The molecule has 0 aliphatic heterocycles. The predicted molar refractivity (Wildman–Crippen MR) is 64.7 cm³/mol. The van der Waals surface area contributed by atoms with Crippen LogP contribution in [0.1, 0.15) is 36.7 Å². The van der Waals surface area contributed by atoms with E-state index in [2.05, 4.69) is 11.8 Å². The van der Waals surface area contributed by atoms with Crippen molar-refractivity contribution in [3.8, 4) is 11.8 Å². The van der Waals surface area contributed by atoms with Gasteiger partial charge in [-0.05, 0) is 32.9 Å². The van der Waals surface area contributed by atoms with E-state index in [4.69, 9.17) is 16.7 Å². The van der Waals surface area contributed by atoms with Gasteiger partial charge in [0.25, 0.3) is 0 Å². The van der Waals surface area contributed by atoms with Gasteiger partial charge in [0.1, 0.15) is 5.82 Å². The van der Waals surface area contributed by atoms with Crippen molar-refractivity contribution in [2.45, 2.75) is 20.8 Å². The van der Waals surface area contributed by atoms with E-state index in [1.165, 1.54) is 6.07 Å². The second-order valence-corrected chi connectivity index (χ2v) is 5.02. The van der Waals surface area contributed by atoms with Crippen molar-refractivity contribution >= 4 is 17.6 Å². The molecule has 0 amide bonds. The van der Waals surface area contributed by atoms with Gasteiger partial charge in [0.2, 0.25) is 0 Å². The van der Waals surface area contributed by atoms with Gasteiger partial charge in [0.05, 0.1) is 16.1 Å². The molecule has 0 saturated heterocycles. The predicted octanol–water partition coefficient (Wildman–Crippen LogP) is 3.57. The standard InChI is InChI=1S/C13H12ClFO2/c1-13(2,3)5-4-8-6-10(14)9(12(16)17)7-11(8)15/h6-7H,1-3H3,(H,16,17). The molecule has 0 aliphatic rings. The van der Waals surface area contributed by atoms with Crippen LogP contribution in [0.25, 0.3) is 0 Å². The summed E-state index contributed by atoms with van der Waals surface area (Å²) in [6.07, 6.45) is 0. The van der Waals surface area contributed by atoms with Crippen molar-refractivity contribution in [3.63, 3.8) is 0 Å². The topological polar surface area (TPSA) is 37.3 Å². The van der Waals surface area contributed by atoms with Crippen LogP contribution in [0.2, 0.25) is 5.02 Å². The SMILES string of the molecule is CC(C)(C)C#Cc1cc(Cl)c(C(=O)O)cc1F. The highest BCUT2D eigenvalue weighted by atomic mass is 35.5. The van der Waals surface area contributed by atoms with E-state index in [1.807, 2.05) is 20.8 Å². The highest BCUT2D eigenvalue weighted by Gasteiger charge is 2.13. The molecule has 0 aromatic heterocycles. The summed E-state index contributed by atoms with van der Waals surface area (Å²) in [6, 6.07) is 2.12. The molecule has 1 aromatic rings. The monoisotopic (exact) mass is 254 g/mol. The molecule has 0 atom stereocenters. The Labute approximate surface area is 104 Å². The number of benzene rings is 1. The number of carboxylic acids is 1. The summed E-state index contributed by atoms with van der Waals surface area (Å²) in [5, 5.41) is 8.74. The van der Waals surface area contributed by atoms with Crippen LogP contribution in [0.15, 0.2) is 12.1 Å². The van der Waals surface area contributed by atoms with E-state index in [0.717, 1.165) is 6.07 Å². The average Bonchev–Trinajstić information content (AvgIpc) is 2.17. The fraction of sp³-hybridized carbons (Fsp3) is 0.308. The summed E-state index contributed by atoms with van der Waals surface area (Å²) in [4.78, 5) is 10.7. The number of hydrogen-bond donors (Lipinski definition) is 1. The fourth-order valence-electron chi connectivity index (χ4n) is 1.06. The molecule has 1 N–H and O–H groups in total. The zero-order chi connectivity index (χ0) is 13.2. The third-order valence-corrected chi connectivity index (χ3v) is 2.17. The normalized spacial score (nSPS) is 10.6. The fourth-order valence-corrected chi connectivity index (χ4v) is 1.31. The third-order valence-electron chi connectivity index (χ3n) is 1.86. The lowest BCUT2D eigenvalue weighted by atomic mass is 9.97. The highest BCUT2D eigenvalue weighted by Crippen LogP contribution is 2.21. The van der Waals surface area contributed by atoms with Crippen LogP contribution in [0.5, 0.6) is 0 Å². The lowest BCUT2D eigenvalue weighted by Crippen LogP contribution is -2.01. The molecule has 0 unspecified atom stereocenters. The minimum absolute atomic E-state index is 0.0166. The van der Waals surface area contributed by atoms with E-state index in [9.17, 15) is 9.18 Å². The largest absolute Gasteiger partial charge is 0.478 e. The first-order valence-electron chi connectivity index (χ1n) is 4.96. The van der Waals surface area contributed by atoms with Crippen LogP contribution in [0.4, 0.5) is 4.39 Å². The molecule has 17 heavy (non-hydrogen) atoms. The molecule has 90 valence electrons. The van der Waals surface area contributed by atoms with Gasteiger partial charge in [0, 0.05) is 5.41 Å². The summed E-state index contributed by atoms with van der Waals surface area (Å²) < 4.78 is 13.5. The van der Waals surface area contributed by atoms with Crippen LogP contribution in [-0.2, 0) is 0 Å². The first kappa shape index (κ1) is 13.5. The van der Waals surface area contributed by atoms with Gasteiger partial charge < -0.3 is 5.11 Å². The zero-order valence-corrected chi connectivity index (χ0v) is 10.5. The van der Waals surface area contributed by atoms with Crippen LogP contribution in [-0.4, -0.2) is 11.1 Å². The van der Waals surface area contributed by atoms with E-state index in [0.29, 0.717) is 0 Å². The minimum Gasteiger partial charge on any atom is -0.478 e. The number of rotatable bonds is 1. The van der Waals surface area contributed by atoms with Crippen LogP contribution >= 0.6 is 11.6 Å². The average molecular weight is 255 g/mol. The second kappa shape index (κ2) is 4.77. The smallest absolute Gasteiger partial charge is 0.337 e. The van der Waals surface area contributed by atoms with E-state index in [-0.39, 0.29) is 21.6 Å². The quantitative estimate of drug-likeness (QED) is 0.778. The molecule has 1 rings (SSSR count). The molecule has 0 radical (unpaired) electrons.